The van der Waals surface area contributed by atoms with Crippen molar-refractivity contribution in [2.24, 2.45) is 5.92 Å². The van der Waals surface area contributed by atoms with Crippen LogP contribution in [0.15, 0.2) is 36.4 Å². The Balaban J connectivity index is 1.62. The maximum atomic E-state index is 12.8. The van der Waals surface area contributed by atoms with Gasteiger partial charge in [0.2, 0.25) is 5.91 Å². The van der Waals surface area contributed by atoms with Crippen molar-refractivity contribution in [3.63, 3.8) is 0 Å². The predicted molar refractivity (Wildman–Crippen MR) is 102 cm³/mol. The number of hydrogen-bond donors (Lipinski definition) is 1. The van der Waals surface area contributed by atoms with E-state index < -0.39 is 0 Å². The summed E-state index contributed by atoms with van der Waals surface area (Å²) >= 11 is 0. The largest absolute Gasteiger partial charge is 0.297 e. The molecule has 3 rings (SSSR count). The number of rotatable bonds is 7. The minimum absolute atomic E-state index is 0.0235. The number of benzene rings is 1. The van der Waals surface area contributed by atoms with Gasteiger partial charge < -0.3 is 0 Å². The summed E-state index contributed by atoms with van der Waals surface area (Å²) in [6, 6.07) is 12.0. The number of nitrogens with zero attached hydrogens (tertiary/aromatic N) is 2. The summed E-state index contributed by atoms with van der Waals surface area (Å²) in [5.74, 6) is 0.502. The van der Waals surface area contributed by atoms with Crippen molar-refractivity contribution in [3.8, 4) is 0 Å². The van der Waals surface area contributed by atoms with Crippen molar-refractivity contribution in [2.45, 2.75) is 65.0 Å². The Morgan fingerprint density at radius 3 is 2.62 bits per heavy atom. The van der Waals surface area contributed by atoms with Gasteiger partial charge in [0.1, 0.15) is 0 Å². The minimum atomic E-state index is 0.0235. The van der Waals surface area contributed by atoms with Crippen molar-refractivity contribution in [1.82, 2.24) is 15.3 Å². The van der Waals surface area contributed by atoms with Crippen molar-refractivity contribution in [3.05, 3.63) is 53.3 Å². The molecule has 5 heteroatoms. The fourth-order valence-corrected chi connectivity index (χ4v) is 3.80. The molecule has 26 heavy (non-hydrogen) atoms. The lowest BCUT2D eigenvalue weighted by molar-refractivity contribution is -0.0167. The first-order valence-electron chi connectivity index (χ1n) is 9.61. The van der Waals surface area contributed by atoms with E-state index in [4.69, 9.17) is 4.84 Å². The van der Waals surface area contributed by atoms with Gasteiger partial charge in [0.25, 0.3) is 0 Å². The van der Waals surface area contributed by atoms with E-state index in [2.05, 4.69) is 10.6 Å². The van der Waals surface area contributed by atoms with Gasteiger partial charge in [0.15, 0.2) is 0 Å². The number of nitrogens with one attached hydrogen (secondary N) is 1. The number of hydrogen-bond acceptors (Lipinski definition) is 4. The molecule has 1 aliphatic rings. The fourth-order valence-electron chi connectivity index (χ4n) is 3.80. The molecule has 0 unspecified atom stereocenters. The van der Waals surface area contributed by atoms with Gasteiger partial charge in [-0.1, -0.05) is 49.6 Å². The zero-order valence-electron chi connectivity index (χ0n) is 15.8. The summed E-state index contributed by atoms with van der Waals surface area (Å²) < 4.78 is 1.53. The van der Waals surface area contributed by atoms with Crippen LogP contribution in [0.5, 0.6) is 0 Å². The molecule has 0 aliphatic heterocycles. The number of carbonyl (C=O) groups is 1. The Kier molecular flexibility index (Phi) is 6.58. The van der Waals surface area contributed by atoms with Crippen molar-refractivity contribution in [1.29, 1.82) is 0 Å². The van der Waals surface area contributed by atoms with Gasteiger partial charge in [-0.25, -0.2) is 4.68 Å². The standard InChI is InChI=1S/C21H29N3O2/c1-16-13-17(2)24(22-16)21(25)14-20(19-11-7-4-8-12-19)23-26-15-18-9-5-3-6-10-18/h3,5-6,9-10,13,19-20,23H,4,7-8,11-12,14-15H2,1-2H3/t20-/m1/s1. The number of aryl methyl sites for hydroxylation is 2. The van der Waals surface area contributed by atoms with E-state index in [1.54, 1.807) is 0 Å². The molecular weight excluding hydrogens is 326 g/mol. The molecule has 1 atom stereocenters. The summed E-state index contributed by atoms with van der Waals surface area (Å²) in [5, 5.41) is 4.33. The normalized spacial score (nSPS) is 16.5. The maximum absolute atomic E-state index is 12.8. The van der Waals surface area contributed by atoms with Crippen LogP contribution in [0.3, 0.4) is 0 Å². The molecule has 0 radical (unpaired) electrons. The van der Waals surface area contributed by atoms with Crippen LogP contribution in [0.1, 0.15) is 60.3 Å². The van der Waals surface area contributed by atoms with Crippen molar-refractivity contribution >= 4 is 5.91 Å². The summed E-state index contributed by atoms with van der Waals surface area (Å²) in [7, 11) is 0. The van der Waals surface area contributed by atoms with Crippen molar-refractivity contribution < 1.29 is 9.63 Å². The molecule has 0 saturated heterocycles. The summed E-state index contributed by atoms with van der Waals surface area (Å²) in [5.41, 5.74) is 6.08. The molecule has 1 N–H and O–H groups in total. The lowest BCUT2D eigenvalue weighted by atomic mass is 9.83. The Hall–Kier alpha value is -1.98. The topological polar surface area (TPSA) is 56.2 Å². The van der Waals surface area contributed by atoms with Gasteiger partial charge in [0.05, 0.1) is 12.3 Å². The van der Waals surface area contributed by atoms with Crippen molar-refractivity contribution in [2.75, 3.05) is 0 Å². The second kappa shape index (κ2) is 9.10. The summed E-state index contributed by atoms with van der Waals surface area (Å²) in [6.07, 6.45) is 6.46. The van der Waals surface area contributed by atoms with Gasteiger partial charge in [-0.15, -0.1) is 0 Å². The molecule has 0 spiro atoms. The molecule has 0 amide bonds. The van der Waals surface area contributed by atoms with Gasteiger partial charge in [-0.2, -0.15) is 10.6 Å². The molecule has 1 aromatic carbocycles. The minimum Gasteiger partial charge on any atom is -0.297 e. The molecule has 1 saturated carbocycles. The average Bonchev–Trinajstić information content (AvgIpc) is 3.01. The Bertz CT molecular complexity index is 705. The van der Waals surface area contributed by atoms with E-state index in [1.165, 1.54) is 23.9 Å². The molecule has 140 valence electrons. The van der Waals surface area contributed by atoms with E-state index in [-0.39, 0.29) is 11.9 Å². The smallest absolute Gasteiger partial charge is 0.248 e. The SMILES string of the molecule is Cc1cc(C)n(C(=O)C[C@@H](NOCc2ccccc2)C2CCCCC2)n1. The highest BCUT2D eigenvalue weighted by Gasteiger charge is 2.27. The molecule has 2 aromatic rings. The van der Waals surface area contributed by atoms with E-state index >= 15 is 0 Å². The summed E-state index contributed by atoms with van der Waals surface area (Å²) in [4.78, 5) is 18.5. The molecule has 1 aliphatic carbocycles. The van der Waals surface area contributed by atoms with Gasteiger partial charge in [-0.05, 0) is 44.2 Å². The first-order valence-corrected chi connectivity index (χ1v) is 9.61. The number of hydroxylamine groups is 1. The molecular formula is C21H29N3O2. The van der Waals surface area contributed by atoms with Gasteiger partial charge in [-0.3, -0.25) is 9.63 Å². The predicted octanol–water partition coefficient (Wildman–Crippen LogP) is 4.20. The quantitative estimate of drug-likeness (QED) is 0.756. The van der Waals surface area contributed by atoms with Crippen LogP contribution in [-0.4, -0.2) is 21.7 Å². The lowest BCUT2D eigenvalue weighted by Gasteiger charge is -2.30. The lowest BCUT2D eigenvalue weighted by Crippen LogP contribution is -2.40. The van der Waals surface area contributed by atoms with Gasteiger partial charge in [0, 0.05) is 18.2 Å². The van der Waals surface area contributed by atoms with Gasteiger partial charge >= 0.3 is 0 Å². The van der Waals surface area contributed by atoms with Crippen LogP contribution in [0.4, 0.5) is 0 Å². The Labute approximate surface area is 155 Å². The Morgan fingerprint density at radius 2 is 1.96 bits per heavy atom. The maximum Gasteiger partial charge on any atom is 0.248 e. The van der Waals surface area contributed by atoms with Crippen LogP contribution < -0.4 is 5.48 Å². The van der Waals surface area contributed by atoms with Crippen LogP contribution in [0, 0.1) is 19.8 Å². The van der Waals surface area contributed by atoms with Crippen LogP contribution in [0.25, 0.3) is 0 Å². The second-order valence-corrected chi connectivity index (χ2v) is 7.33. The monoisotopic (exact) mass is 355 g/mol. The zero-order valence-corrected chi connectivity index (χ0v) is 15.8. The third-order valence-corrected chi connectivity index (χ3v) is 5.18. The highest BCUT2D eigenvalue weighted by molar-refractivity contribution is 5.79. The highest BCUT2D eigenvalue weighted by atomic mass is 16.6. The first-order chi connectivity index (χ1) is 12.6. The van der Waals surface area contributed by atoms with E-state index in [0.29, 0.717) is 18.9 Å². The second-order valence-electron chi connectivity index (χ2n) is 7.33. The summed E-state index contributed by atoms with van der Waals surface area (Å²) in [6.45, 7) is 4.33. The molecule has 5 nitrogen and oxygen atoms in total. The van der Waals surface area contributed by atoms with E-state index in [9.17, 15) is 4.79 Å². The number of aromatic nitrogens is 2. The van der Waals surface area contributed by atoms with E-state index in [0.717, 1.165) is 29.8 Å². The first kappa shape index (κ1) is 18.8. The zero-order chi connectivity index (χ0) is 18.4. The van der Waals surface area contributed by atoms with Crippen LogP contribution >= 0.6 is 0 Å². The fraction of sp³-hybridized carbons (Fsp3) is 0.524. The molecule has 0 bridgehead atoms. The van der Waals surface area contributed by atoms with E-state index in [1.807, 2.05) is 50.2 Å². The Morgan fingerprint density at radius 1 is 1.23 bits per heavy atom. The number of carbonyl (C=O) groups excluding carboxylic acids is 1. The third kappa shape index (κ3) is 5.02. The third-order valence-electron chi connectivity index (χ3n) is 5.18. The van der Waals surface area contributed by atoms with Crippen LogP contribution in [0.2, 0.25) is 0 Å². The molecule has 1 aromatic heterocycles. The molecule has 1 fully saturated rings. The molecule has 1 heterocycles. The van der Waals surface area contributed by atoms with Crippen LogP contribution in [-0.2, 0) is 11.4 Å². The average molecular weight is 355 g/mol. The highest BCUT2D eigenvalue weighted by Crippen LogP contribution is 2.28.